The quantitative estimate of drug-likeness (QED) is 0.838. The fourth-order valence-corrected chi connectivity index (χ4v) is 2.42. The van der Waals surface area contributed by atoms with Crippen LogP contribution >= 0.6 is 0 Å². The van der Waals surface area contributed by atoms with Gasteiger partial charge < -0.3 is 10.3 Å². The number of anilines is 1. The van der Waals surface area contributed by atoms with Gasteiger partial charge in [-0.15, -0.1) is 6.58 Å². The first-order chi connectivity index (χ1) is 8.54. The second kappa shape index (κ2) is 4.69. The largest absolute Gasteiger partial charge is 0.383 e. The van der Waals surface area contributed by atoms with Gasteiger partial charge in [0.2, 0.25) is 0 Å². The minimum absolute atomic E-state index is 0.683. The maximum absolute atomic E-state index is 6.15. The molecule has 2 N–H and O–H groups in total. The SMILES string of the molecule is C=CCn1cnc(-c2c(C)cc(C)cc2C)c1N. The molecule has 0 atom stereocenters. The highest BCUT2D eigenvalue weighted by molar-refractivity contribution is 5.76. The van der Waals surface area contributed by atoms with Crippen LogP contribution in [0.5, 0.6) is 0 Å². The van der Waals surface area contributed by atoms with Crippen molar-refractivity contribution in [3.63, 3.8) is 0 Å². The zero-order valence-electron chi connectivity index (χ0n) is 11.2. The number of nitrogen functional groups attached to an aromatic ring is 1. The molecule has 0 spiro atoms. The summed E-state index contributed by atoms with van der Waals surface area (Å²) in [6.07, 6.45) is 3.59. The second-order valence-corrected chi connectivity index (χ2v) is 4.69. The number of allylic oxidation sites excluding steroid dienone is 1. The van der Waals surface area contributed by atoms with Gasteiger partial charge in [-0.2, -0.15) is 0 Å². The van der Waals surface area contributed by atoms with E-state index in [4.69, 9.17) is 5.73 Å². The van der Waals surface area contributed by atoms with E-state index in [1.807, 2.05) is 10.6 Å². The van der Waals surface area contributed by atoms with Gasteiger partial charge in [0.15, 0.2) is 0 Å². The number of imidazole rings is 1. The van der Waals surface area contributed by atoms with E-state index >= 15 is 0 Å². The summed E-state index contributed by atoms with van der Waals surface area (Å²) in [5, 5.41) is 0. The first-order valence-electron chi connectivity index (χ1n) is 6.04. The molecule has 1 aromatic carbocycles. The summed E-state index contributed by atoms with van der Waals surface area (Å²) in [5.41, 5.74) is 11.8. The van der Waals surface area contributed by atoms with E-state index in [1.54, 1.807) is 6.33 Å². The molecule has 3 nitrogen and oxygen atoms in total. The van der Waals surface area contributed by atoms with Crippen LogP contribution in [0, 0.1) is 20.8 Å². The van der Waals surface area contributed by atoms with Crippen molar-refractivity contribution in [2.45, 2.75) is 27.3 Å². The summed E-state index contributed by atoms with van der Waals surface area (Å²) in [6, 6.07) is 4.32. The predicted octanol–water partition coefficient (Wildman–Crippen LogP) is 3.24. The van der Waals surface area contributed by atoms with Gasteiger partial charge in [-0.25, -0.2) is 4.98 Å². The summed E-state index contributed by atoms with van der Waals surface area (Å²) in [5.74, 6) is 0.699. The molecule has 0 saturated carbocycles. The van der Waals surface area contributed by atoms with Gasteiger partial charge in [-0.05, 0) is 31.9 Å². The van der Waals surface area contributed by atoms with E-state index in [1.165, 1.54) is 16.7 Å². The molecule has 0 fully saturated rings. The minimum atomic E-state index is 0.683. The van der Waals surface area contributed by atoms with Crippen LogP contribution in [-0.2, 0) is 6.54 Å². The van der Waals surface area contributed by atoms with Crippen molar-refractivity contribution in [1.82, 2.24) is 9.55 Å². The van der Waals surface area contributed by atoms with Crippen molar-refractivity contribution in [1.29, 1.82) is 0 Å². The smallest absolute Gasteiger partial charge is 0.131 e. The maximum Gasteiger partial charge on any atom is 0.131 e. The van der Waals surface area contributed by atoms with Gasteiger partial charge in [0.05, 0.1) is 6.33 Å². The molecule has 3 heteroatoms. The molecule has 1 heterocycles. The topological polar surface area (TPSA) is 43.8 Å². The first kappa shape index (κ1) is 12.4. The summed E-state index contributed by atoms with van der Waals surface area (Å²) in [7, 11) is 0. The number of aromatic nitrogens is 2. The van der Waals surface area contributed by atoms with E-state index < -0.39 is 0 Å². The van der Waals surface area contributed by atoms with Gasteiger partial charge in [0, 0.05) is 12.1 Å². The predicted molar refractivity (Wildman–Crippen MR) is 76.5 cm³/mol. The Morgan fingerprint density at radius 2 is 1.89 bits per heavy atom. The lowest BCUT2D eigenvalue weighted by Gasteiger charge is -2.10. The Morgan fingerprint density at radius 3 is 2.44 bits per heavy atom. The highest BCUT2D eigenvalue weighted by Gasteiger charge is 2.14. The molecule has 2 aromatic rings. The molecule has 18 heavy (non-hydrogen) atoms. The maximum atomic E-state index is 6.15. The minimum Gasteiger partial charge on any atom is -0.383 e. The van der Waals surface area contributed by atoms with Crippen molar-refractivity contribution >= 4 is 5.82 Å². The summed E-state index contributed by atoms with van der Waals surface area (Å²) in [4.78, 5) is 4.45. The molecule has 0 aliphatic heterocycles. The Labute approximate surface area is 108 Å². The molecule has 1 aromatic heterocycles. The standard InChI is InChI=1S/C15H19N3/c1-5-6-18-9-17-14(15(18)16)13-11(3)7-10(2)8-12(13)4/h5,7-9H,1,6,16H2,2-4H3. The van der Waals surface area contributed by atoms with E-state index in [-0.39, 0.29) is 0 Å². The van der Waals surface area contributed by atoms with Crippen LogP contribution in [0.3, 0.4) is 0 Å². The molecular formula is C15H19N3. The molecular weight excluding hydrogens is 222 g/mol. The zero-order valence-corrected chi connectivity index (χ0v) is 11.2. The monoisotopic (exact) mass is 241 g/mol. The van der Waals surface area contributed by atoms with Gasteiger partial charge in [-0.3, -0.25) is 0 Å². The Bertz CT molecular complexity index is 571. The molecule has 94 valence electrons. The van der Waals surface area contributed by atoms with Crippen LogP contribution in [0.4, 0.5) is 5.82 Å². The Kier molecular flexibility index (Phi) is 3.24. The zero-order chi connectivity index (χ0) is 13.3. The average molecular weight is 241 g/mol. The molecule has 2 rings (SSSR count). The third kappa shape index (κ3) is 2.04. The number of aryl methyl sites for hydroxylation is 3. The summed E-state index contributed by atoms with van der Waals surface area (Å²) < 4.78 is 1.90. The molecule has 0 unspecified atom stereocenters. The lowest BCUT2D eigenvalue weighted by atomic mass is 9.97. The third-order valence-corrected chi connectivity index (χ3v) is 3.12. The summed E-state index contributed by atoms with van der Waals surface area (Å²) in [6.45, 7) is 10.7. The van der Waals surface area contributed by atoms with E-state index in [0.717, 1.165) is 11.3 Å². The Hall–Kier alpha value is -2.03. The molecule has 0 aliphatic carbocycles. The molecule has 0 bridgehead atoms. The molecule has 0 saturated heterocycles. The van der Waals surface area contributed by atoms with Crippen LogP contribution in [0.2, 0.25) is 0 Å². The third-order valence-electron chi connectivity index (χ3n) is 3.12. The average Bonchev–Trinajstić information content (AvgIpc) is 2.61. The van der Waals surface area contributed by atoms with Gasteiger partial charge >= 0.3 is 0 Å². The van der Waals surface area contributed by atoms with Crippen molar-refractivity contribution in [2.24, 2.45) is 0 Å². The number of nitrogens with two attached hydrogens (primary N) is 1. The normalized spacial score (nSPS) is 10.6. The first-order valence-corrected chi connectivity index (χ1v) is 6.04. The van der Waals surface area contributed by atoms with Crippen molar-refractivity contribution < 1.29 is 0 Å². The fraction of sp³-hybridized carbons (Fsp3) is 0.267. The van der Waals surface area contributed by atoms with Crippen molar-refractivity contribution in [2.75, 3.05) is 5.73 Å². The Balaban J connectivity index is 2.59. The van der Waals surface area contributed by atoms with Crippen molar-refractivity contribution in [3.8, 4) is 11.3 Å². The van der Waals surface area contributed by atoms with E-state index in [9.17, 15) is 0 Å². The highest BCUT2D eigenvalue weighted by atomic mass is 15.1. The number of nitrogens with zero attached hydrogens (tertiary/aromatic N) is 2. The van der Waals surface area contributed by atoms with Gasteiger partial charge in [-0.1, -0.05) is 23.8 Å². The molecule has 0 amide bonds. The van der Waals surface area contributed by atoms with Crippen LogP contribution in [0.15, 0.2) is 31.1 Å². The summed E-state index contributed by atoms with van der Waals surface area (Å²) >= 11 is 0. The van der Waals surface area contributed by atoms with Crippen LogP contribution in [0.25, 0.3) is 11.3 Å². The molecule has 0 radical (unpaired) electrons. The molecule has 0 aliphatic rings. The number of benzene rings is 1. The lowest BCUT2D eigenvalue weighted by molar-refractivity contribution is 0.833. The van der Waals surface area contributed by atoms with Gasteiger partial charge in [0.25, 0.3) is 0 Å². The van der Waals surface area contributed by atoms with Gasteiger partial charge in [0.1, 0.15) is 11.5 Å². The fourth-order valence-electron chi connectivity index (χ4n) is 2.42. The van der Waals surface area contributed by atoms with Crippen LogP contribution in [-0.4, -0.2) is 9.55 Å². The number of rotatable bonds is 3. The number of hydrogen-bond donors (Lipinski definition) is 1. The second-order valence-electron chi connectivity index (χ2n) is 4.69. The lowest BCUT2D eigenvalue weighted by Crippen LogP contribution is -2.01. The van der Waals surface area contributed by atoms with E-state index in [0.29, 0.717) is 12.4 Å². The Morgan fingerprint density at radius 1 is 1.28 bits per heavy atom. The van der Waals surface area contributed by atoms with E-state index in [2.05, 4.69) is 44.5 Å². The van der Waals surface area contributed by atoms with Crippen LogP contribution < -0.4 is 5.73 Å². The van der Waals surface area contributed by atoms with Crippen LogP contribution in [0.1, 0.15) is 16.7 Å². The van der Waals surface area contributed by atoms with Crippen molar-refractivity contribution in [3.05, 3.63) is 47.8 Å². The highest BCUT2D eigenvalue weighted by Crippen LogP contribution is 2.31. The number of hydrogen-bond acceptors (Lipinski definition) is 2.